The summed E-state index contributed by atoms with van der Waals surface area (Å²) in [4.78, 5) is 20.4. The van der Waals surface area contributed by atoms with Crippen LogP contribution in [0.3, 0.4) is 0 Å². The van der Waals surface area contributed by atoms with Crippen LogP contribution in [0.25, 0.3) is 11.1 Å². The van der Waals surface area contributed by atoms with Crippen LogP contribution < -0.4 is 11.1 Å². The van der Waals surface area contributed by atoms with E-state index < -0.39 is 24.4 Å². The van der Waals surface area contributed by atoms with Crippen LogP contribution in [0.15, 0.2) is 42.5 Å². The monoisotopic (exact) mass is 396 g/mol. The highest BCUT2D eigenvalue weighted by atomic mass is 19.4. The number of carbonyl (C=O) groups is 2. The van der Waals surface area contributed by atoms with Crippen LogP contribution in [-0.2, 0) is 22.6 Å². The molecule has 0 aliphatic heterocycles. The van der Waals surface area contributed by atoms with Crippen molar-refractivity contribution in [1.29, 1.82) is 0 Å². The van der Waals surface area contributed by atoms with Crippen molar-refractivity contribution in [2.75, 3.05) is 0 Å². The van der Waals surface area contributed by atoms with Gasteiger partial charge in [0.2, 0.25) is 0 Å². The lowest BCUT2D eigenvalue weighted by Crippen LogP contribution is -2.39. The fraction of sp³-hybridized carbons (Fsp3) is 0.263. The summed E-state index contributed by atoms with van der Waals surface area (Å²) in [5, 5.41) is 9.64. The lowest BCUT2D eigenvalue weighted by molar-refractivity contribution is -0.192. The van der Waals surface area contributed by atoms with Crippen LogP contribution in [-0.4, -0.2) is 29.5 Å². The second-order valence-electron chi connectivity index (χ2n) is 6.09. The van der Waals surface area contributed by atoms with Crippen molar-refractivity contribution in [1.82, 2.24) is 5.32 Å². The van der Waals surface area contributed by atoms with Crippen molar-refractivity contribution in [2.24, 2.45) is 5.73 Å². The number of nitrogens with one attached hydrogen (secondary N) is 1. The van der Waals surface area contributed by atoms with Gasteiger partial charge in [-0.2, -0.15) is 13.2 Å². The first-order valence-corrected chi connectivity index (χ1v) is 8.27. The van der Waals surface area contributed by atoms with Crippen LogP contribution in [0.5, 0.6) is 0 Å². The second kappa shape index (κ2) is 8.75. The first-order valence-electron chi connectivity index (χ1n) is 8.27. The number of ether oxygens (including phenoxy) is 1. The number of carboxylic acids is 1. The highest BCUT2D eigenvalue weighted by Gasteiger charge is 2.38. The summed E-state index contributed by atoms with van der Waals surface area (Å²) in [6, 6.07) is 14.5. The van der Waals surface area contributed by atoms with Crippen molar-refractivity contribution in [3.8, 4) is 11.1 Å². The molecule has 1 amide bonds. The summed E-state index contributed by atoms with van der Waals surface area (Å²) in [5.41, 5.74) is 11.6. The van der Waals surface area contributed by atoms with E-state index in [0.717, 1.165) is 12.0 Å². The van der Waals surface area contributed by atoms with Gasteiger partial charge in [-0.3, -0.25) is 0 Å². The Hall–Kier alpha value is -3.07. The predicted molar refractivity (Wildman–Crippen MR) is 95.3 cm³/mol. The minimum Gasteiger partial charge on any atom is -0.475 e. The molecular weight excluding hydrogens is 377 g/mol. The third-order valence-electron chi connectivity index (χ3n) is 3.89. The van der Waals surface area contributed by atoms with Crippen molar-refractivity contribution >= 4 is 12.1 Å². The van der Waals surface area contributed by atoms with Gasteiger partial charge in [0.15, 0.2) is 0 Å². The molecule has 0 aromatic heterocycles. The largest absolute Gasteiger partial charge is 0.490 e. The molecule has 2 aromatic carbocycles. The van der Waals surface area contributed by atoms with Crippen LogP contribution in [0.4, 0.5) is 18.0 Å². The number of carboxylic acid groups (broad SMARTS) is 1. The topological polar surface area (TPSA) is 102 Å². The molecule has 0 fully saturated rings. The number of rotatable bonds is 3. The quantitative estimate of drug-likeness (QED) is 0.589. The summed E-state index contributed by atoms with van der Waals surface area (Å²) < 4.78 is 37.0. The van der Waals surface area contributed by atoms with E-state index >= 15 is 0 Å². The number of alkyl halides is 3. The summed E-state index contributed by atoms with van der Waals surface area (Å²) in [7, 11) is 0. The second-order valence-corrected chi connectivity index (χ2v) is 6.09. The van der Waals surface area contributed by atoms with Gasteiger partial charge in [0.25, 0.3) is 0 Å². The minimum absolute atomic E-state index is 0.260. The van der Waals surface area contributed by atoms with Gasteiger partial charge in [0.05, 0.1) is 6.17 Å². The molecule has 1 unspecified atom stereocenters. The van der Waals surface area contributed by atoms with Crippen molar-refractivity contribution < 1.29 is 32.6 Å². The van der Waals surface area contributed by atoms with E-state index in [1.165, 1.54) is 22.3 Å². The third kappa shape index (κ3) is 5.46. The number of aliphatic carboxylic acids is 1. The highest BCUT2D eigenvalue weighted by molar-refractivity contribution is 5.78. The van der Waals surface area contributed by atoms with Crippen molar-refractivity contribution in [3.63, 3.8) is 0 Å². The SMILES string of the molecule is CC(N)NC(=O)OCc1cccc2c1Cc1ccccc1-2.O=C(O)C(F)(F)F. The maximum Gasteiger partial charge on any atom is 0.490 e. The molecule has 0 radical (unpaired) electrons. The molecule has 1 aliphatic rings. The zero-order valence-electron chi connectivity index (χ0n) is 14.9. The van der Waals surface area contributed by atoms with E-state index in [1.807, 2.05) is 18.2 Å². The standard InChI is InChI=1S/C17H18N2O2.C2HF3O2/c1-11(18)19-17(20)21-10-13-6-4-8-15-14-7-3-2-5-12(14)9-16(13)15;3-2(4,5)1(6)7/h2-8,11H,9-10,18H2,1H3,(H,19,20);(H,6,7). The predicted octanol–water partition coefficient (Wildman–Crippen LogP) is 3.42. The molecule has 0 spiro atoms. The van der Waals surface area contributed by atoms with Gasteiger partial charge < -0.3 is 20.9 Å². The number of nitrogens with two attached hydrogens (primary N) is 1. The number of hydrogen-bond acceptors (Lipinski definition) is 4. The van der Waals surface area contributed by atoms with Crippen LogP contribution in [0.2, 0.25) is 0 Å². The lowest BCUT2D eigenvalue weighted by atomic mass is 10.0. The van der Waals surface area contributed by atoms with E-state index in [2.05, 4.69) is 29.6 Å². The lowest BCUT2D eigenvalue weighted by Gasteiger charge is -2.11. The van der Waals surface area contributed by atoms with Gasteiger partial charge in [-0.15, -0.1) is 0 Å². The Bertz CT molecular complexity index is 866. The van der Waals surface area contributed by atoms with Crippen LogP contribution in [0.1, 0.15) is 23.6 Å². The Morgan fingerprint density at radius 1 is 1.18 bits per heavy atom. The van der Waals surface area contributed by atoms with Gasteiger partial charge in [-0.1, -0.05) is 42.5 Å². The molecule has 9 heteroatoms. The van der Waals surface area contributed by atoms with Crippen LogP contribution >= 0.6 is 0 Å². The molecule has 3 rings (SSSR count). The zero-order chi connectivity index (χ0) is 20.9. The summed E-state index contributed by atoms with van der Waals surface area (Å²) in [6.07, 6.45) is -5.10. The van der Waals surface area contributed by atoms with Gasteiger partial charge in [0.1, 0.15) is 6.61 Å². The molecule has 0 saturated carbocycles. The normalized spacial score (nSPS) is 12.8. The molecular formula is C19H19F3N2O4. The number of halogens is 3. The Morgan fingerprint density at radius 2 is 1.79 bits per heavy atom. The minimum atomic E-state index is -5.08. The summed E-state index contributed by atoms with van der Waals surface area (Å²) in [5.74, 6) is -2.76. The molecule has 0 saturated heterocycles. The Balaban J connectivity index is 0.000000345. The summed E-state index contributed by atoms with van der Waals surface area (Å²) >= 11 is 0. The van der Waals surface area contributed by atoms with E-state index in [0.29, 0.717) is 0 Å². The van der Waals surface area contributed by atoms with Gasteiger partial charge >= 0.3 is 18.2 Å². The number of hydrogen-bond donors (Lipinski definition) is 3. The molecule has 0 bridgehead atoms. The number of amides is 1. The Kier molecular flexibility index (Phi) is 6.63. The molecule has 2 aromatic rings. The first-order chi connectivity index (χ1) is 13.1. The molecule has 4 N–H and O–H groups in total. The number of alkyl carbamates (subject to hydrolysis) is 1. The first kappa shape index (κ1) is 21.2. The average Bonchev–Trinajstić information content (AvgIpc) is 2.98. The highest BCUT2D eigenvalue weighted by Crippen LogP contribution is 2.38. The molecule has 150 valence electrons. The van der Waals surface area contributed by atoms with E-state index in [9.17, 15) is 18.0 Å². The number of carbonyl (C=O) groups excluding carboxylic acids is 1. The fourth-order valence-corrected chi connectivity index (χ4v) is 2.73. The molecule has 6 nitrogen and oxygen atoms in total. The van der Waals surface area contributed by atoms with E-state index in [4.69, 9.17) is 20.4 Å². The molecule has 28 heavy (non-hydrogen) atoms. The summed E-state index contributed by atoms with van der Waals surface area (Å²) in [6.45, 7) is 1.95. The zero-order valence-corrected chi connectivity index (χ0v) is 14.9. The van der Waals surface area contributed by atoms with Crippen molar-refractivity contribution in [3.05, 3.63) is 59.2 Å². The van der Waals surface area contributed by atoms with E-state index in [-0.39, 0.29) is 6.61 Å². The third-order valence-corrected chi connectivity index (χ3v) is 3.89. The maximum absolute atomic E-state index is 11.5. The van der Waals surface area contributed by atoms with Gasteiger partial charge in [-0.05, 0) is 41.2 Å². The smallest absolute Gasteiger partial charge is 0.475 e. The van der Waals surface area contributed by atoms with Crippen molar-refractivity contribution in [2.45, 2.75) is 32.3 Å². The molecule has 1 atom stereocenters. The van der Waals surface area contributed by atoms with Crippen LogP contribution in [0, 0.1) is 0 Å². The van der Waals surface area contributed by atoms with Gasteiger partial charge in [0, 0.05) is 0 Å². The number of benzene rings is 2. The van der Waals surface area contributed by atoms with E-state index in [1.54, 1.807) is 6.92 Å². The Morgan fingerprint density at radius 3 is 2.39 bits per heavy atom. The van der Waals surface area contributed by atoms with Gasteiger partial charge in [-0.25, -0.2) is 9.59 Å². The average molecular weight is 396 g/mol. The fourth-order valence-electron chi connectivity index (χ4n) is 2.73. The maximum atomic E-state index is 11.5. The molecule has 1 aliphatic carbocycles. The molecule has 0 heterocycles. The Labute approximate surface area is 159 Å². The number of fused-ring (bicyclic) bond motifs is 3.